The molecule has 3 heteroatoms. The minimum absolute atomic E-state index is 0.135. The quantitative estimate of drug-likeness (QED) is 0.233. The highest BCUT2D eigenvalue weighted by molar-refractivity contribution is 4.65. The fraction of sp³-hybridized carbons (Fsp3) is 0.818. The number of nitro groups is 1. The Morgan fingerprint density at radius 2 is 1.50 bits per heavy atom. The van der Waals surface area contributed by atoms with Crippen molar-refractivity contribution in [1.29, 1.82) is 0 Å². The van der Waals surface area contributed by atoms with Crippen molar-refractivity contribution in [2.75, 3.05) is 6.54 Å². The Hall–Kier alpha value is -0.860. The number of hydrogen-bond donors (Lipinski definition) is 0. The normalized spacial score (nSPS) is 10.0. The van der Waals surface area contributed by atoms with Gasteiger partial charge in [0.25, 0.3) is 0 Å². The van der Waals surface area contributed by atoms with E-state index in [4.69, 9.17) is 0 Å². The van der Waals surface area contributed by atoms with E-state index in [-0.39, 0.29) is 11.5 Å². The molecule has 0 aromatic heterocycles. The third-order valence-electron chi connectivity index (χ3n) is 2.25. The molecular formula is C11H21NO2. The Kier molecular flexibility index (Phi) is 9.59. The lowest BCUT2D eigenvalue weighted by atomic mass is 10.1. The number of allylic oxidation sites excluding steroid dienone is 1. The van der Waals surface area contributed by atoms with Crippen molar-refractivity contribution in [2.45, 2.75) is 51.4 Å². The van der Waals surface area contributed by atoms with E-state index in [1.807, 2.05) is 6.08 Å². The number of hydrogen-bond acceptors (Lipinski definition) is 2. The summed E-state index contributed by atoms with van der Waals surface area (Å²) in [5.74, 6) is 0. The van der Waals surface area contributed by atoms with Crippen molar-refractivity contribution < 1.29 is 4.92 Å². The van der Waals surface area contributed by atoms with E-state index >= 15 is 0 Å². The summed E-state index contributed by atoms with van der Waals surface area (Å²) < 4.78 is 0. The molecule has 0 bridgehead atoms. The van der Waals surface area contributed by atoms with Crippen LogP contribution in [0.2, 0.25) is 0 Å². The molecule has 0 aromatic carbocycles. The van der Waals surface area contributed by atoms with Crippen molar-refractivity contribution in [3.63, 3.8) is 0 Å². The van der Waals surface area contributed by atoms with Gasteiger partial charge in [0.05, 0.1) is 0 Å². The van der Waals surface area contributed by atoms with Gasteiger partial charge in [0.1, 0.15) is 0 Å². The van der Waals surface area contributed by atoms with E-state index in [0.717, 1.165) is 25.7 Å². The lowest BCUT2D eigenvalue weighted by molar-refractivity contribution is -0.480. The SMILES string of the molecule is C=CCCCCCCCCC[N+](=O)[O-]. The van der Waals surface area contributed by atoms with Crippen molar-refractivity contribution in [1.82, 2.24) is 0 Å². The summed E-state index contributed by atoms with van der Waals surface area (Å²) in [6.45, 7) is 3.81. The Morgan fingerprint density at radius 3 is 2.00 bits per heavy atom. The summed E-state index contributed by atoms with van der Waals surface area (Å²) >= 11 is 0. The second-order valence-corrected chi connectivity index (χ2v) is 3.61. The van der Waals surface area contributed by atoms with Gasteiger partial charge in [-0.05, 0) is 19.3 Å². The van der Waals surface area contributed by atoms with Crippen molar-refractivity contribution in [3.8, 4) is 0 Å². The van der Waals surface area contributed by atoms with Crippen LogP contribution in [0, 0.1) is 10.1 Å². The smallest absolute Gasteiger partial charge is 0.203 e. The van der Waals surface area contributed by atoms with Gasteiger partial charge >= 0.3 is 0 Å². The third-order valence-corrected chi connectivity index (χ3v) is 2.25. The topological polar surface area (TPSA) is 43.1 Å². The Morgan fingerprint density at radius 1 is 1.00 bits per heavy atom. The summed E-state index contributed by atoms with van der Waals surface area (Å²) in [5.41, 5.74) is 0. The van der Waals surface area contributed by atoms with Gasteiger partial charge in [-0.3, -0.25) is 10.1 Å². The van der Waals surface area contributed by atoms with Crippen LogP contribution in [0.1, 0.15) is 51.4 Å². The maximum absolute atomic E-state index is 10.0. The van der Waals surface area contributed by atoms with Crippen LogP contribution in [-0.4, -0.2) is 11.5 Å². The first kappa shape index (κ1) is 13.1. The molecule has 0 aliphatic heterocycles. The summed E-state index contributed by atoms with van der Waals surface area (Å²) in [4.78, 5) is 9.77. The first-order valence-corrected chi connectivity index (χ1v) is 5.50. The van der Waals surface area contributed by atoms with Gasteiger partial charge in [-0.1, -0.05) is 31.8 Å². The molecule has 0 aliphatic rings. The number of unbranched alkanes of at least 4 members (excludes halogenated alkanes) is 7. The molecule has 0 atom stereocenters. The molecule has 0 aliphatic carbocycles. The monoisotopic (exact) mass is 199 g/mol. The minimum atomic E-state index is -0.232. The zero-order valence-corrected chi connectivity index (χ0v) is 8.91. The first-order chi connectivity index (χ1) is 6.77. The lowest BCUT2D eigenvalue weighted by Crippen LogP contribution is -1.99. The summed E-state index contributed by atoms with van der Waals surface area (Å²) in [6, 6.07) is 0. The molecule has 0 saturated heterocycles. The molecule has 0 rings (SSSR count). The Labute approximate surface area is 86.4 Å². The summed E-state index contributed by atoms with van der Waals surface area (Å²) in [7, 11) is 0. The predicted octanol–water partition coefficient (Wildman–Crippen LogP) is 3.57. The molecule has 0 heterocycles. The molecular weight excluding hydrogens is 178 g/mol. The first-order valence-electron chi connectivity index (χ1n) is 5.50. The molecule has 0 spiro atoms. The van der Waals surface area contributed by atoms with Crippen LogP contribution in [0.4, 0.5) is 0 Å². The number of rotatable bonds is 10. The zero-order chi connectivity index (χ0) is 10.6. The Bertz CT molecular complexity index is 157. The highest BCUT2D eigenvalue weighted by atomic mass is 16.6. The molecule has 0 N–H and O–H groups in total. The van der Waals surface area contributed by atoms with Gasteiger partial charge in [0.2, 0.25) is 6.54 Å². The Balaban J connectivity index is 2.92. The number of nitrogens with zero attached hydrogens (tertiary/aromatic N) is 1. The largest absolute Gasteiger partial charge is 0.265 e. The highest BCUT2D eigenvalue weighted by Crippen LogP contribution is 2.08. The van der Waals surface area contributed by atoms with Gasteiger partial charge in [-0.25, -0.2) is 0 Å². The van der Waals surface area contributed by atoms with E-state index in [1.54, 1.807) is 0 Å². The third kappa shape index (κ3) is 11.1. The van der Waals surface area contributed by atoms with Crippen LogP contribution in [0.5, 0.6) is 0 Å². The van der Waals surface area contributed by atoms with Crippen molar-refractivity contribution in [2.24, 2.45) is 0 Å². The zero-order valence-electron chi connectivity index (χ0n) is 8.91. The van der Waals surface area contributed by atoms with Crippen LogP contribution in [-0.2, 0) is 0 Å². The van der Waals surface area contributed by atoms with Crippen LogP contribution >= 0.6 is 0 Å². The van der Waals surface area contributed by atoms with Crippen LogP contribution in [0.15, 0.2) is 12.7 Å². The standard InChI is InChI=1S/C11H21NO2/c1-2-3-4-5-6-7-8-9-10-11-12(13)14/h2H,1,3-11H2. The van der Waals surface area contributed by atoms with Gasteiger partial charge in [-0.15, -0.1) is 6.58 Å². The van der Waals surface area contributed by atoms with Gasteiger partial charge in [-0.2, -0.15) is 0 Å². The average Bonchev–Trinajstić information content (AvgIpc) is 2.15. The maximum Gasteiger partial charge on any atom is 0.203 e. The van der Waals surface area contributed by atoms with Crippen molar-refractivity contribution >= 4 is 0 Å². The second kappa shape index (κ2) is 10.2. The molecule has 0 fully saturated rings. The van der Waals surface area contributed by atoms with Crippen molar-refractivity contribution in [3.05, 3.63) is 22.8 Å². The summed E-state index contributed by atoms with van der Waals surface area (Å²) in [5, 5.41) is 10.0. The highest BCUT2D eigenvalue weighted by Gasteiger charge is 1.96. The molecule has 82 valence electrons. The molecule has 0 aromatic rings. The predicted molar refractivity (Wildman–Crippen MR) is 59.0 cm³/mol. The maximum atomic E-state index is 10.0. The molecule has 0 unspecified atom stereocenters. The van der Waals surface area contributed by atoms with Gasteiger partial charge < -0.3 is 0 Å². The fourth-order valence-electron chi connectivity index (χ4n) is 1.41. The van der Waals surface area contributed by atoms with E-state index in [9.17, 15) is 10.1 Å². The molecule has 0 amide bonds. The molecule has 0 radical (unpaired) electrons. The minimum Gasteiger partial charge on any atom is -0.265 e. The van der Waals surface area contributed by atoms with E-state index in [0.29, 0.717) is 0 Å². The van der Waals surface area contributed by atoms with E-state index in [1.165, 1.54) is 25.7 Å². The van der Waals surface area contributed by atoms with E-state index in [2.05, 4.69) is 6.58 Å². The van der Waals surface area contributed by atoms with Gasteiger partial charge in [0.15, 0.2) is 0 Å². The molecule has 14 heavy (non-hydrogen) atoms. The van der Waals surface area contributed by atoms with Crippen LogP contribution in [0.3, 0.4) is 0 Å². The van der Waals surface area contributed by atoms with Gasteiger partial charge in [0, 0.05) is 11.3 Å². The molecule has 3 nitrogen and oxygen atoms in total. The molecule has 0 saturated carbocycles. The fourth-order valence-corrected chi connectivity index (χ4v) is 1.41. The lowest BCUT2D eigenvalue weighted by Gasteiger charge is -1.99. The van der Waals surface area contributed by atoms with Crippen LogP contribution in [0.25, 0.3) is 0 Å². The second-order valence-electron chi connectivity index (χ2n) is 3.61. The van der Waals surface area contributed by atoms with Crippen LogP contribution < -0.4 is 0 Å². The average molecular weight is 199 g/mol. The van der Waals surface area contributed by atoms with E-state index < -0.39 is 0 Å². The summed E-state index contributed by atoms with van der Waals surface area (Å²) in [6.07, 6.45) is 10.9.